The topological polar surface area (TPSA) is 63.1 Å². The second-order valence-electron chi connectivity index (χ2n) is 3.74. The monoisotopic (exact) mass is 231 g/mol. The molecule has 0 saturated heterocycles. The first-order chi connectivity index (χ1) is 7.11. The van der Waals surface area contributed by atoms with Gasteiger partial charge in [-0.05, 0) is 18.1 Å². The number of aromatic amines is 1. The highest BCUT2D eigenvalue weighted by Crippen LogP contribution is 2.19. The molecule has 0 aliphatic heterocycles. The Balaban J connectivity index is 3.09. The van der Waals surface area contributed by atoms with Crippen molar-refractivity contribution in [3.63, 3.8) is 0 Å². The van der Waals surface area contributed by atoms with Gasteiger partial charge in [0.25, 0.3) is 0 Å². The van der Waals surface area contributed by atoms with E-state index in [9.17, 15) is 0 Å². The second kappa shape index (κ2) is 5.39. The van der Waals surface area contributed by atoms with Gasteiger partial charge in [-0.1, -0.05) is 13.8 Å². The Bertz CT molecular complexity index is 358. The van der Waals surface area contributed by atoms with E-state index in [1.807, 2.05) is 4.57 Å². The standard InChI is InChI=1S/C9H17N3O2S/c1-6(2)7(5-14-3)12-8(4-13)10-11-9(12)15/h6-7,13H,4-5H2,1-3H3,(H,11,15). The Labute approximate surface area is 94.1 Å². The molecule has 1 rings (SSSR count). The zero-order chi connectivity index (χ0) is 11.4. The van der Waals surface area contributed by atoms with Gasteiger partial charge >= 0.3 is 0 Å². The predicted molar refractivity (Wildman–Crippen MR) is 59.1 cm³/mol. The summed E-state index contributed by atoms with van der Waals surface area (Å²) >= 11 is 5.13. The molecule has 15 heavy (non-hydrogen) atoms. The summed E-state index contributed by atoms with van der Waals surface area (Å²) in [4.78, 5) is 0. The molecule has 86 valence electrons. The van der Waals surface area contributed by atoms with Gasteiger partial charge in [0, 0.05) is 7.11 Å². The third-order valence-electron chi connectivity index (χ3n) is 2.36. The molecule has 5 nitrogen and oxygen atoms in total. The normalized spacial score (nSPS) is 13.4. The smallest absolute Gasteiger partial charge is 0.195 e. The molecule has 6 heteroatoms. The maximum atomic E-state index is 9.14. The fourth-order valence-corrected chi connectivity index (χ4v) is 1.81. The zero-order valence-corrected chi connectivity index (χ0v) is 10.0. The van der Waals surface area contributed by atoms with Crippen molar-refractivity contribution < 1.29 is 9.84 Å². The minimum Gasteiger partial charge on any atom is -0.388 e. The van der Waals surface area contributed by atoms with Gasteiger partial charge in [-0.15, -0.1) is 0 Å². The molecule has 1 atom stereocenters. The lowest BCUT2D eigenvalue weighted by atomic mass is 10.1. The van der Waals surface area contributed by atoms with Crippen LogP contribution in [0.3, 0.4) is 0 Å². The summed E-state index contributed by atoms with van der Waals surface area (Å²) in [5.74, 6) is 0.912. The molecule has 1 aromatic rings. The van der Waals surface area contributed by atoms with Crippen molar-refractivity contribution in [1.29, 1.82) is 0 Å². The van der Waals surface area contributed by atoms with Crippen LogP contribution in [0.2, 0.25) is 0 Å². The zero-order valence-electron chi connectivity index (χ0n) is 9.23. The molecule has 0 aliphatic carbocycles. The summed E-state index contributed by atoms with van der Waals surface area (Å²) in [6.07, 6.45) is 0. The van der Waals surface area contributed by atoms with Crippen LogP contribution in [-0.4, -0.2) is 33.6 Å². The van der Waals surface area contributed by atoms with Gasteiger partial charge < -0.3 is 9.84 Å². The van der Waals surface area contributed by atoms with Crippen molar-refractivity contribution in [2.75, 3.05) is 13.7 Å². The molecule has 0 bridgehead atoms. The number of nitrogens with zero attached hydrogens (tertiary/aromatic N) is 2. The van der Waals surface area contributed by atoms with Crippen LogP contribution in [0.25, 0.3) is 0 Å². The summed E-state index contributed by atoms with van der Waals surface area (Å²) < 4.78 is 7.50. The average Bonchev–Trinajstić information content (AvgIpc) is 2.55. The first-order valence-corrected chi connectivity index (χ1v) is 5.28. The predicted octanol–water partition coefficient (Wildman–Crippen LogP) is 1.28. The van der Waals surface area contributed by atoms with Gasteiger partial charge in [-0.25, -0.2) is 0 Å². The molecule has 0 amide bonds. The number of aliphatic hydroxyl groups excluding tert-OH is 1. The molecule has 1 unspecified atom stereocenters. The van der Waals surface area contributed by atoms with Crippen molar-refractivity contribution in [2.45, 2.75) is 26.5 Å². The van der Waals surface area contributed by atoms with Gasteiger partial charge in [-0.2, -0.15) is 5.10 Å². The van der Waals surface area contributed by atoms with Crippen molar-refractivity contribution >= 4 is 12.2 Å². The van der Waals surface area contributed by atoms with Crippen molar-refractivity contribution in [1.82, 2.24) is 14.8 Å². The third kappa shape index (κ3) is 2.64. The van der Waals surface area contributed by atoms with Crippen LogP contribution < -0.4 is 0 Å². The van der Waals surface area contributed by atoms with Crippen LogP contribution >= 0.6 is 12.2 Å². The Hall–Kier alpha value is -0.720. The van der Waals surface area contributed by atoms with Gasteiger partial charge in [0.1, 0.15) is 6.61 Å². The number of methoxy groups -OCH3 is 1. The number of hydrogen-bond donors (Lipinski definition) is 2. The number of hydrogen-bond acceptors (Lipinski definition) is 4. The fourth-order valence-electron chi connectivity index (χ4n) is 1.53. The highest BCUT2D eigenvalue weighted by molar-refractivity contribution is 7.71. The lowest BCUT2D eigenvalue weighted by Crippen LogP contribution is -2.22. The molecular formula is C9H17N3O2S. The molecule has 0 fully saturated rings. The van der Waals surface area contributed by atoms with E-state index in [-0.39, 0.29) is 12.6 Å². The maximum absolute atomic E-state index is 9.14. The van der Waals surface area contributed by atoms with E-state index < -0.39 is 0 Å². The molecule has 0 aliphatic rings. The van der Waals surface area contributed by atoms with Crippen LogP contribution in [0, 0.1) is 10.7 Å². The number of ether oxygens (including phenoxy) is 1. The van der Waals surface area contributed by atoms with Crippen molar-refractivity contribution in [3.8, 4) is 0 Å². The number of aromatic nitrogens is 3. The van der Waals surface area contributed by atoms with E-state index >= 15 is 0 Å². The average molecular weight is 231 g/mol. The number of H-pyrrole nitrogens is 1. The van der Waals surface area contributed by atoms with Gasteiger partial charge in [0.05, 0.1) is 12.6 Å². The van der Waals surface area contributed by atoms with Gasteiger partial charge in [0.15, 0.2) is 10.6 Å². The molecule has 1 heterocycles. The largest absolute Gasteiger partial charge is 0.388 e. The Morgan fingerprint density at radius 2 is 2.27 bits per heavy atom. The molecule has 0 aromatic carbocycles. The Kier molecular flexibility index (Phi) is 4.44. The first-order valence-electron chi connectivity index (χ1n) is 4.87. The maximum Gasteiger partial charge on any atom is 0.195 e. The minimum atomic E-state index is -0.125. The first kappa shape index (κ1) is 12.4. The summed E-state index contributed by atoms with van der Waals surface area (Å²) in [5, 5.41) is 15.8. The van der Waals surface area contributed by atoms with Crippen molar-refractivity contribution in [2.24, 2.45) is 5.92 Å². The Morgan fingerprint density at radius 1 is 1.60 bits per heavy atom. The molecule has 0 spiro atoms. The van der Waals surface area contributed by atoms with Gasteiger partial charge in [-0.3, -0.25) is 9.67 Å². The second-order valence-corrected chi connectivity index (χ2v) is 4.13. The molecule has 0 saturated carbocycles. The summed E-state index contributed by atoms with van der Waals surface area (Å²) in [5.41, 5.74) is 0. The SMILES string of the molecule is COCC(C(C)C)n1c(CO)n[nH]c1=S. The molecule has 0 radical (unpaired) electrons. The quantitative estimate of drug-likeness (QED) is 0.749. The summed E-state index contributed by atoms with van der Waals surface area (Å²) in [6, 6.07) is 0.100. The van der Waals surface area contributed by atoms with E-state index in [1.165, 1.54) is 0 Å². The van der Waals surface area contributed by atoms with E-state index in [4.69, 9.17) is 22.1 Å². The third-order valence-corrected chi connectivity index (χ3v) is 2.65. The highest BCUT2D eigenvalue weighted by Gasteiger charge is 2.19. The summed E-state index contributed by atoms with van der Waals surface area (Å²) in [6.45, 7) is 4.60. The number of nitrogens with one attached hydrogen (secondary N) is 1. The number of rotatable bonds is 5. The minimum absolute atomic E-state index is 0.100. The molecule has 2 N–H and O–H groups in total. The van der Waals surface area contributed by atoms with Crippen LogP contribution in [-0.2, 0) is 11.3 Å². The molecule has 1 aromatic heterocycles. The fraction of sp³-hybridized carbons (Fsp3) is 0.778. The van der Waals surface area contributed by atoms with E-state index in [0.717, 1.165) is 0 Å². The Morgan fingerprint density at radius 3 is 2.73 bits per heavy atom. The van der Waals surface area contributed by atoms with E-state index in [2.05, 4.69) is 24.0 Å². The highest BCUT2D eigenvalue weighted by atomic mass is 32.1. The van der Waals surface area contributed by atoms with E-state index in [0.29, 0.717) is 23.1 Å². The van der Waals surface area contributed by atoms with Crippen LogP contribution in [0.4, 0.5) is 0 Å². The van der Waals surface area contributed by atoms with Gasteiger partial charge in [0.2, 0.25) is 0 Å². The lowest BCUT2D eigenvalue weighted by molar-refractivity contribution is 0.127. The molecular weight excluding hydrogens is 214 g/mol. The van der Waals surface area contributed by atoms with Crippen LogP contribution in [0.1, 0.15) is 25.7 Å². The van der Waals surface area contributed by atoms with Crippen LogP contribution in [0.5, 0.6) is 0 Å². The summed E-state index contributed by atoms with van der Waals surface area (Å²) in [7, 11) is 1.65. The number of aliphatic hydroxyl groups is 1. The lowest BCUT2D eigenvalue weighted by Gasteiger charge is -2.22. The van der Waals surface area contributed by atoms with Crippen LogP contribution in [0.15, 0.2) is 0 Å². The van der Waals surface area contributed by atoms with E-state index in [1.54, 1.807) is 7.11 Å². The van der Waals surface area contributed by atoms with Crippen molar-refractivity contribution in [3.05, 3.63) is 10.6 Å².